The summed E-state index contributed by atoms with van der Waals surface area (Å²) in [4.78, 5) is 12.7. The van der Waals surface area contributed by atoms with E-state index in [1.165, 1.54) is 34.4 Å². The number of amides is 1. The topological polar surface area (TPSA) is 94.2 Å². The van der Waals surface area contributed by atoms with Gasteiger partial charge < -0.3 is 19.5 Å². The van der Waals surface area contributed by atoms with Gasteiger partial charge in [-0.15, -0.1) is 0 Å². The summed E-state index contributed by atoms with van der Waals surface area (Å²) < 4.78 is 40.2. The number of carbonyl (C=O) groups is 1. The predicted octanol–water partition coefficient (Wildman–Crippen LogP) is 2.36. The van der Waals surface area contributed by atoms with Crippen LogP contribution in [0, 0.1) is 0 Å². The standard InChI is InChI=1S/C18H22N2O6S/c1-20(27(5,22)23)13-7-9-15(24-2)14(11-13)18(21)19-12-6-8-16(25-3)17(10-12)26-4/h6-11H,1-5H3,(H,19,21). The Morgan fingerprint density at radius 1 is 0.926 bits per heavy atom. The van der Waals surface area contributed by atoms with Crippen LogP contribution in [0.1, 0.15) is 10.4 Å². The first-order valence-corrected chi connectivity index (χ1v) is 9.71. The summed E-state index contributed by atoms with van der Waals surface area (Å²) in [5, 5.41) is 2.74. The van der Waals surface area contributed by atoms with Gasteiger partial charge in [0.05, 0.1) is 38.8 Å². The number of carbonyl (C=O) groups excluding carboxylic acids is 1. The van der Waals surface area contributed by atoms with Gasteiger partial charge in [0.15, 0.2) is 11.5 Å². The molecule has 2 aromatic carbocycles. The second-order valence-corrected chi connectivity index (χ2v) is 7.65. The highest BCUT2D eigenvalue weighted by Gasteiger charge is 2.18. The number of ether oxygens (including phenoxy) is 3. The first-order valence-electron chi connectivity index (χ1n) is 7.86. The van der Waals surface area contributed by atoms with Gasteiger partial charge in [0.2, 0.25) is 10.0 Å². The van der Waals surface area contributed by atoms with Crippen molar-refractivity contribution in [3.8, 4) is 17.2 Å². The number of nitrogens with one attached hydrogen (secondary N) is 1. The predicted molar refractivity (Wildman–Crippen MR) is 104 cm³/mol. The molecule has 9 heteroatoms. The van der Waals surface area contributed by atoms with Crippen LogP contribution in [0.4, 0.5) is 11.4 Å². The second kappa shape index (κ2) is 8.17. The molecule has 0 fully saturated rings. The molecule has 1 N–H and O–H groups in total. The molecule has 0 aromatic heterocycles. The van der Waals surface area contributed by atoms with Gasteiger partial charge in [0.1, 0.15) is 5.75 Å². The fourth-order valence-corrected chi connectivity index (χ4v) is 2.87. The number of sulfonamides is 1. The molecule has 8 nitrogen and oxygen atoms in total. The van der Waals surface area contributed by atoms with Gasteiger partial charge in [-0.25, -0.2) is 8.42 Å². The van der Waals surface area contributed by atoms with E-state index in [1.54, 1.807) is 30.3 Å². The van der Waals surface area contributed by atoms with Crippen LogP contribution >= 0.6 is 0 Å². The Morgan fingerprint density at radius 3 is 2.07 bits per heavy atom. The van der Waals surface area contributed by atoms with Gasteiger partial charge in [-0.05, 0) is 30.3 Å². The second-order valence-electron chi connectivity index (χ2n) is 5.64. The lowest BCUT2D eigenvalue weighted by molar-refractivity contribution is 0.102. The number of benzene rings is 2. The van der Waals surface area contributed by atoms with Crippen molar-refractivity contribution < 1.29 is 27.4 Å². The molecule has 27 heavy (non-hydrogen) atoms. The molecule has 0 unspecified atom stereocenters. The molecule has 1 amide bonds. The van der Waals surface area contributed by atoms with E-state index in [1.807, 2.05) is 0 Å². The summed E-state index contributed by atoms with van der Waals surface area (Å²) in [5.74, 6) is 0.860. The Labute approximate surface area is 158 Å². The Morgan fingerprint density at radius 2 is 1.52 bits per heavy atom. The summed E-state index contributed by atoms with van der Waals surface area (Å²) in [6.07, 6.45) is 1.08. The van der Waals surface area contributed by atoms with Crippen LogP contribution in [-0.2, 0) is 10.0 Å². The van der Waals surface area contributed by atoms with Crippen molar-refractivity contribution in [1.82, 2.24) is 0 Å². The first-order chi connectivity index (χ1) is 12.7. The molecular weight excluding hydrogens is 372 g/mol. The summed E-state index contributed by atoms with van der Waals surface area (Å²) in [6, 6.07) is 9.51. The molecule has 0 aliphatic carbocycles. The lowest BCUT2D eigenvalue weighted by Gasteiger charge is -2.18. The molecule has 0 aliphatic heterocycles. The first kappa shape index (κ1) is 20.4. The Hall–Kier alpha value is -2.94. The molecule has 0 saturated heterocycles. The molecule has 146 valence electrons. The number of anilines is 2. The zero-order chi connectivity index (χ0) is 20.2. The van der Waals surface area contributed by atoms with Gasteiger partial charge in [-0.3, -0.25) is 9.10 Å². The summed E-state index contributed by atoms with van der Waals surface area (Å²) in [7, 11) is 2.40. The van der Waals surface area contributed by atoms with E-state index in [0.717, 1.165) is 10.6 Å². The molecule has 0 aliphatic rings. The van der Waals surface area contributed by atoms with Crippen LogP contribution < -0.4 is 23.8 Å². The van der Waals surface area contributed by atoms with Gasteiger partial charge in [0.25, 0.3) is 5.91 Å². The molecule has 0 heterocycles. The lowest BCUT2D eigenvalue weighted by Crippen LogP contribution is -2.25. The Balaban J connectivity index is 2.37. The number of hydrogen-bond donors (Lipinski definition) is 1. The van der Waals surface area contributed by atoms with E-state index in [0.29, 0.717) is 28.6 Å². The summed E-state index contributed by atoms with van der Waals surface area (Å²) in [5.41, 5.74) is 1.03. The molecular formula is C18H22N2O6S. The van der Waals surface area contributed by atoms with Gasteiger partial charge in [-0.1, -0.05) is 0 Å². The molecule has 0 atom stereocenters. The van der Waals surface area contributed by atoms with Gasteiger partial charge >= 0.3 is 0 Å². The summed E-state index contributed by atoms with van der Waals surface area (Å²) >= 11 is 0. The maximum atomic E-state index is 12.7. The van der Waals surface area contributed by atoms with Crippen LogP contribution in [0.5, 0.6) is 17.2 Å². The number of rotatable bonds is 7. The summed E-state index contributed by atoms with van der Waals surface area (Å²) in [6.45, 7) is 0. The normalized spacial score (nSPS) is 10.9. The lowest BCUT2D eigenvalue weighted by atomic mass is 10.1. The van der Waals surface area contributed by atoms with Crippen LogP contribution in [0.2, 0.25) is 0 Å². The van der Waals surface area contributed by atoms with E-state index in [-0.39, 0.29) is 5.56 Å². The maximum absolute atomic E-state index is 12.7. The van der Waals surface area contributed by atoms with Crippen molar-refractivity contribution in [2.75, 3.05) is 44.3 Å². The maximum Gasteiger partial charge on any atom is 0.259 e. The highest BCUT2D eigenvalue weighted by atomic mass is 32.2. The molecule has 2 rings (SSSR count). The minimum Gasteiger partial charge on any atom is -0.496 e. The zero-order valence-electron chi connectivity index (χ0n) is 15.8. The van der Waals surface area contributed by atoms with Crippen molar-refractivity contribution in [1.29, 1.82) is 0 Å². The van der Waals surface area contributed by atoms with Crippen molar-refractivity contribution in [2.24, 2.45) is 0 Å². The third-order valence-electron chi connectivity index (χ3n) is 3.93. The highest BCUT2D eigenvalue weighted by Crippen LogP contribution is 2.31. The van der Waals surface area contributed by atoms with Crippen molar-refractivity contribution >= 4 is 27.3 Å². The third-order valence-corrected chi connectivity index (χ3v) is 5.14. The number of hydrogen-bond acceptors (Lipinski definition) is 6. The zero-order valence-corrected chi connectivity index (χ0v) is 16.6. The van der Waals surface area contributed by atoms with Crippen LogP contribution in [0.25, 0.3) is 0 Å². The fourth-order valence-electron chi connectivity index (χ4n) is 2.37. The molecule has 0 saturated carbocycles. The van der Waals surface area contributed by atoms with E-state index < -0.39 is 15.9 Å². The number of methoxy groups -OCH3 is 3. The largest absolute Gasteiger partial charge is 0.496 e. The van der Waals surface area contributed by atoms with E-state index in [2.05, 4.69) is 5.32 Å². The molecule has 0 radical (unpaired) electrons. The Bertz CT molecular complexity index is 943. The third kappa shape index (κ3) is 4.62. The van der Waals surface area contributed by atoms with Crippen molar-refractivity contribution in [3.05, 3.63) is 42.0 Å². The average molecular weight is 394 g/mol. The van der Waals surface area contributed by atoms with Crippen LogP contribution in [0.15, 0.2) is 36.4 Å². The molecule has 2 aromatic rings. The van der Waals surface area contributed by atoms with Gasteiger partial charge in [0, 0.05) is 18.8 Å². The minimum atomic E-state index is -3.46. The quantitative estimate of drug-likeness (QED) is 0.775. The SMILES string of the molecule is COc1ccc(NC(=O)c2cc(N(C)S(C)(=O)=O)ccc2OC)cc1OC. The van der Waals surface area contributed by atoms with Crippen LogP contribution in [0.3, 0.4) is 0 Å². The van der Waals surface area contributed by atoms with Crippen LogP contribution in [-0.4, -0.2) is 49.0 Å². The van der Waals surface area contributed by atoms with E-state index in [9.17, 15) is 13.2 Å². The van der Waals surface area contributed by atoms with E-state index >= 15 is 0 Å². The average Bonchev–Trinajstić information content (AvgIpc) is 2.65. The van der Waals surface area contributed by atoms with Gasteiger partial charge in [-0.2, -0.15) is 0 Å². The Kier molecular flexibility index (Phi) is 6.17. The highest BCUT2D eigenvalue weighted by molar-refractivity contribution is 7.92. The number of nitrogens with zero attached hydrogens (tertiary/aromatic N) is 1. The molecule has 0 spiro atoms. The fraction of sp³-hybridized carbons (Fsp3) is 0.278. The van der Waals surface area contributed by atoms with Crippen molar-refractivity contribution in [3.63, 3.8) is 0 Å². The molecule has 0 bridgehead atoms. The minimum absolute atomic E-state index is 0.195. The van der Waals surface area contributed by atoms with Crippen molar-refractivity contribution in [2.45, 2.75) is 0 Å². The smallest absolute Gasteiger partial charge is 0.259 e. The monoisotopic (exact) mass is 394 g/mol. The van der Waals surface area contributed by atoms with E-state index in [4.69, 9.17) is 14.2 Å².